The number of hydrogen-bond acceptors (Lipinski definition) is 6. The van der Waals surface area contributed by atoms with Crippen molar-refractivity contribution >= 4 is 5.78 Å². The Balaban J connectivity index is 1.02. The molecular weight excluding hydrogens is 649 g/mol. The van der Waals surface area contributed by atoms with E-state index in [9.17, 15) is 4.79 Å². The van der Waals surface area contributed by atoms with E-state index in [0.717, 1.165) is 45.1 Å². The maximum atomic E-state index is 14.2. The predicted octanol–water partition coefficient (Wildman–Crippen LogP) is 10.6. The Morgan fingerprint density at radius 2 is 1.48 bits per heavy atom. The smallest absolute Gasteiger partial charge is 0.163 e. The minimum Gasteiger partial charge on any atom is -0.352 e. The van der Waals surface area contributed by atoms with Crippen LogP contribution < -0.4 is 0 Å². The number of ether oxygens (including phenoxy) is 5. The van der Waals surface area contributed by atoms with E-state index in [0.29, 0.717) is 65.0 Å². The summed E-state index contributed by atoms with van der Waals surface area (Å²) >= 11 is 0. The Labute approximate surface area is 317 Å². The molecular formula is C46H76O6. The van der Waals surface area contributed by atoms with Crippen molar-refractivity contribution in [2.45, 2.75) is 184 Å². The summed E-state index contributed by atoms with van der Waals surface area (Å²) in [6.07, 6.45) is 13.2. The number of carbonyl (C=O) groups is 1. The number of ketones is 1. The first kappa shape index (κ1) is 39.4. The minimum atomic E-state index is -0.221. The zero-order valence-corrected chi connectivity index (χ0v) is 35.1. The molecule has 9 unspecified atom stereocenters. The van der Waals surface area contributed by atoms with E-state index in [4.69, 9.17) is 23.7 Å². The zero-order valence-electron chi connectivity index (χ0n) is 35.1. The normalized spacial score (nSPS) is 52.6. The second-order valence-corrected chi connectivity index (χ2v) is 20.8. The first-order chi connectivity index (χ1) is 24.5. The predicted molar refractivity (Wildman–Crippen MR) is 206 cm³/mol. The third-order valence-electron chi connectivity index (χ3n) is 18.2. The molecule has 0 aromatic rings. The second kappa shape index (κ2) is 14.6. The van der Waals surface area contributed by atoms with Crippen LogP contribution in [0.2, 0.25) is 0 Å². The summed E-state index contributed by atoms with van der Waals surface area (Å²) in [5.74, 6) is 5.10. The van der Waals surface area contributed by atoms with Crippen LogP contribution in [-0.4, -0.2) is 49.6 Å². The first-order valence-electron chi connectivity index (χ1n) is 22.0. The molecule has 3 aliphatic heterocycles. The molecule has 0 bridgehead atoms. The van der Waals surface area contributed by atoms with Gasteiger partial charge in [0.1, 0.15) is 0 Å². The van der Waals surface area contributed by atoms with Crippen molar-refractivity contribution in [1.29, 1.82) is 0 Å². The van der Waals surface area contributed by atoms with Gasteiger partial charge in [0.05, 0.1) is 24.9 Å². The van der Waals surface area contributed by atoms with Crippen LogP contribution in [0.1, 0.15) is 147 Å². The highest BCUT2D eigenvalue weighted by Crippen LogP contribution is 2.67. The second-order valence-electron chi connectivity index (χ2n) is 20.8. The van der Waals surface area contributed by atoms with E-state index in [1.54, 1.807) is 0 Å². The number of carbonyl (C=O) groups excluding carboxylic acids is 1. The van der Waals surface area contributed by atoms with Crippen LogP contribution >= 0.6 is 0 Å². The molecule has 3 heterocycles. The Bertz CT molecular complexity index is 1320. The van der Waals surface area contributed by atoms with E-state index in [-0.39, 0.29) is 59.3 Å². The monoisotopic (exact) mass is 725 g/mol. The number of hydrogen-bond donors (Lipinski definition) is 0. The van der Waals surface area contributed by atoms with Gasteiger partial charge in [-0.05, 0) is 128 Å². The highest BCUT2D eigenvalue weighted by Gasteiger charge is 2.61. The molecule has 296 valence electrons. The molecule has 0 N–H and O–H groups in total. The Hall–Kier alpha value is -0.790. The van der Waals surface area contributed by atoms with Crippen molar-refractivity contribution in [2.75, 3.05) is 6.61 Å². The molecule has 0 radical (unpaired) electrons. The SMILES string of the molecule is CCC1OC(O[C@H]2CC[C@]3(C)C4CC[C@]5(C)[C@@H]([C@H](C)[C@H]6CC[C@H](C)[C@@H](OC7OCC(C)C(C)(C)C7C)O6)CC[C@H]5C4=CC(=O)[C@H]3C2)C(C)C(C)C1C. The lowest BCUT2D eigenvalue weighted by molar-refractivity contribution is -0.328. The summed E-state index contributed by atoms with van der Waals surface area (Å²) in [7, 11) is 0. The average Bonchev–Trinajstić information content (AvgIpc) is 3.47. The van der Waals surface area contributed by atoms with Gasteiger partial charge in [-0.3, -0.25) is 4.79 Å². The number of fused-ring (bicyclic) bond motifs is 5. The van der Waals surface area contributed by atoms with Gasteiger partial charge in [0.25, 0.3) is 0 Å². The molecule has 6 nitrogen and oxygen atoms in total. The highest BCUT2D eigenvalue weighted by atomic mass is 16.8. The van der Waals surface area contributed by atoms with E-state index in [1.165, 1.54) is 31.3 Å². The molecule has 4 aliphatic carbocycles. The fourth-order valence-corrected chi connectivity index (χ4v) is 13.1. The van der Waals surface area contributed by atoms with E-state index in [2.05, 4.69) is 89.2 Å². The van der Waals surface area contributed by atoms with Gasteiger partial charge in [-0.25, -0.2) is 0 Å². The van der Waals surface area contributed by atoms with Gasteiger partial charge in [-0.2, -0.15) is 0 Å². The van der Waals surface area contributed by atoms with Crippen LogP contribution in [0.4, 0.5) is 0 Å². The average molecular weight is 725 g/mol. The topological polar surface area (TPSA) is 63.2 Å². The minimum absolute atomic E-state index is 0.0245. The van der Waals surface area contributed by atoms with Gasteiger partial charge >= 0.3 is 0 Å². The van der Waals surface area contributed by atoms with Crippen LogP contribution in [-0.2, 0) is 28.5 Å². The molecule has 0 aromatic heterocycles. The lowest BCUT2D eigenvalue weighted by atomic mass is 9.47. The maximum absolute atomic E-state index is 14.2. The summed E-state index contributed by atoms with van der Waals surface area (Å²) in [6.45, 7) is 29.0. The Morgan fingerprint density at radius 3 is 2.21 bits per heavy atom. The molecule has 3 saturated heterocycles. The third kappa shape index (κ3) is 6.54. The van der Waals surface area contributed by atoms with Crippen LogP contribution in [0, 0.1) is 81.3 Å². The molecule has 6 heteroatoms. The third-order valence-corrected chi connectivity index (χ3v) is 18.2. The summed E-state index contributed by atoms with van der Waals surface area (Å²) in [5.41, 5.74) is 1.89. The van der Waals surface area contributed by atoms with Gasteiger partial charge < -0.3 is 23.7 Å². The van der Waals surface area contributed by atoms with Crippen molar-refractivity contribution < 1.29 is 28.5 Å². The van der Waals surface area contributed by atoms with Crippen molar-refractivity contribution in [1.82, 2.24) is 0 Å². The van der Waals surface area contributed by atoms with Crippen LogP contribution in [0.25, 0.3) is 0 Å². The van der Waals surface area contributed by atoms with Gasteiger partial charge in [-0.15, -0.1) is 0 Å². The summed E-state index contributed by atoms with van der Waals surface area (Å²) in [5, 5.41) is 0. The number of rotatable bonds is 7. The van der Waals surface area contributed by atoms with Gasteiger partial charge in [0.2, 0.25) is 0 Å². The maximum Gasteiger partial charge on any atom is 0.163 e. The highest BCUT2D eigenvalue weighted by molar-refractivity contribution is 5.94. The molecule has 0 aromatic carbocycles. The lowest BCUT2D eigenvalue weighted by Gasteiger charge is -2.57. The summed E-state index contributed by atoms with van der Waals surface area (Å²) in [4.78, 5) is 14.2. The van der Waals surface area contributed by atoms with E-state index >= 15 is 0 Å². The quantitative estimate of drug-likeness (QED) is 0.260. The molecule has 3 saturated carbocycles. The zero-order chi connectivity index (χ0) is 37.5. The molecule has 7 aliphatic rings. The summed E-state index contributed by atoms with van der Waals surface area (Å²) in [6, 6.07) is 0. The molecule has 0 amide bonds. The van der Waals surface area contributed by atoms with Crippen LogP contribution in [0.3, 0.4) is 0 Å². The fourth-order valence-electron chi connectivity index (χ4n) is 13.1. The number of allylic oxidation sites excluding steroid dienone is 2. The standard InChI is InChI=1S/C46H76O6/c1-13-39-28(5)27(4)29(6)42(50-39)49-32-18-20-46(12)36-19-21-45(11)34(15-16-35(45)33(36)23-38(47)37(46)22-32)30(7)40-17-14-25(2)41(51-40)52-43-31(8)44(9,10)26(3)24-48-43/h23,25-32,34-37,39-43H,13-22,24H2,1-12H3/t25-,26?,27?,28?,29?,30-,31?,32-,34+,35-,36?,37+,39?,40+,41+,42?,43?,45+,46+/m0/s1. The van der Waals surface area contributed by atoms with Crippen molar-refractivity contribution in [2.24, 2.45) is 81.3 Å². The molecule has 7 rings (SSSR count). The van der Waals surface area contributed by atoms with Gasteiger partial charge in [0, 0.05) is 23.7 Å². The largest absolute Gasteiger partial charge is 0.352 e. The first-order valence-corrected chi connectivity index (χ1v) is 22.0. The Kier molecular flexibility index (Phi) is 11.1. The lowest BCUT2D eigenvalue weighted by Crippen LogP contribution is -2.54. The Morgan fingerprint density at radius 1 is 0.769 bits per heavy atom. The van der Waals surface area contributed by atoms with Crippen molar-refractivity contribution in [3.8, 4) is 0 Å². The summed E-state index contributed by atoms with van der Waals surface area (Å²) < 4.78 is 33.3. The van der Waals surface area contributed by atoms with E-state index < -0.39 is 0 Å². The molecule has 6 fully saturated rings. The van der Waals surface area contributed by atoms with Gasteiger partial charge in [-0.1, -0.05) is 88.7 Å². The fraction of sp³-hybridized carbons (Fsp3) is 0.935. The van der Waals surface area contributed by atoms with Crippen LogP contribution in [0.15, 0.2) is 11.6 Å². The van der Waals surface area contributed by atoms with Crippen molar-refractivity contribution in [3.05, 3.63) is 11.6 Å². The molecule has 0 spiro atoms. The van der Waals surface area contributed by atoms with Gasteiger partial charge in [0.15, 0.2) is 24.7 Å². The van der Waals surface area contributed by atoms with Crippen molar-refractivity contribution in [3.63, 3.8) is 0 Å². The van der Waals surface area contributed by atoms with E-state index in [1.807, 2.05) is 0 Å². The molecule has 52 heavy (non-hydrogen) atoms. The molecule has 19 atom stereocenters. The van der Waals surface area contributed by atoms with Crippen LogP contribution in [0.5, 0.6) is 0 Å².